The maximum Gasteiger partial charge on any atom is 0.254 e. The topological polar surface area (TPSA) is 40.6 Å². The van der Waals surface area contributed by atoms with Gasteiger partial charge in [0, 0.05) is 41.2 Å². The fourth-order valence-corrected chi connectivity index (χ4v) is 2.84. The molecule has 1 heterocycles. The van der Waals surface area contributed by atoms with E-state index in [9.17, 15) is 9.59 Å². The first-order valence-corrected chi connectivity index (χ1v) is 7.90. The number of hydrogen-bond donors (Lipinski definition) is 0. The highest BCUT2D eigenvalue weighted by atomic mass is 127. The molecular weight excluding hydrogens is 367 g/mol. The third kappa shape index (κ3) is 3.50. The van der Waals surface area contributed by atoms with Crippen molar-refractivity contribution in [3.63, 3.8) is 0 Å². The van der Waals surface area contributed by atoms with Gasteiger partial charge < -0.3 is 9.80 Å². The van der Waals surface area contributed by atoms with E-state index >= 15 is 0 Å². The summed E-state index contributed by atoms with van der Waals surface area (Å²) in [7, 11) is 0. The normalized spacial score (nSPS) is 15.6. The quantitative estimate of drug-likeness (QED) is 0.732. The van der Waals surface area contributed by atoms with E-state index in [0.717, 1.165) is 9.13 Å². The summed E-state index contributed by atoms with van der Waals surface area (Å²) in [5.74, 6) is 0.250. The summed E-state index contributed by atoms with van der Waals surface area (Å²) in [4.78, 5) is 28.0. The molecule has 0 N–H and O–H groups in total. The van der Waals surface area contributed by atoms with Crippen molar-refractivity contribution in [1.29, 1.82) is 0 Å². The molecule has 5 heteroatoms. The Bertz CT molecular complexity index is 508. The Morgan fingerprint density at radius 2 is 1.70 bits per heavy atom. The highest BCUT2D eigenvalue weighted by Gasteiger charge is 2.25. The average Bonchev–Trinajstić information content (AvgIpc) is 2.46. The van der Waals surface area contributed by atoms with Gasteiger partial charge in [-0.05, 0) is 40.8 Å². The summed E-state index contributed by atoms with van der Waals surface area (Å²) >= 11 is 2.21. The van der Waals surface area contributed by atoms with E-state index in [4.69, 9.17) is 0 Å². The molecule has 2 amide bonds. The molecule has 0 spiro atoms. The molecule has 1 aliphatic heterocycles. The van der Waals surface area contributed by atoms with Gasteiger partial charge in [0.2, 0.25) is 5.91 Å². The fraction of sp³-hybridized carbons (Fsp3) is 0.467. The minimum atomic E-state index is 0.0213. The Hall–Kier alpha value is -1.11. The Morgan fingerprint density at radius 3 is 2.25 bits per heavy atom. The standard InChI is InChI=1S/C15H19IN2O2/c1-11(2)14(19)17-6-8-18(9-7-17)15(20)12-4-3-5-13(16)10-12/h3-5,10-11H,6-9H2,1-2H3. The van der Waals surface area contributed by atoms with Crippen molar-refractivity contribution in [2.45, 2.75) is 13.8 Å². The molecular formula is C15H19IN2O2. The van der Waals surface area contributed by atoms with E-state index in [0.29, 0.717) is 26.2 Å². The fourth-order valence-electron chi connectivity index (χ4n) is 2.30. The smallest absolute Gasteiger partial charge is 0.254 e. The Labute approximate surface area is 133 Å². The third-order valence-corrected chi connectivity index (χ3v) is 4.12. The summed E-state index contributed by atoms with van der Waals surface area (Å²) in [6.07, 6.45) is 0. The lowest BCUT2D eigenvalue weighted by molar-refractivity contribution is -0.135. The van der Waals surface area contributed by atoms with Gasteiger partial charge in [-0.2, -0.15) is 0 Å². The van der Waals surface area contributed by atoms with Gasteiger partial charge in [0.15, 0.2) is 0 Å². The van der Waals surface area contributed by atoms with Crippen LogP contribution in [0.25, 0.3) is 0 Å². The summed E-state index contributed by atoms with van der Waals surface area (Å²) in [5.41, 5.74) is 0.723. The molecule has 0 radical (unpaired) electrons. The van der Waals surface area contributed by atoms with Crippen LogP contribution < -0.4 is 0 Å². The highest BCUT2D eigenvalue weighted by molar-refractivity contribution is 14.1. The molecule has 0 bridgehead atoms. The molecule has 1 aliphatic rings. The predicted molar refractivity (Wildman–Crippen MR) is 86.5 cm³/mol. The van der Waals surface area contributed by atoms with Crippen LogP contribution in [0.2, 0.25) is 0 Å². The number of hydrogen-bond acceptors (Lipinski definition) is 2. The molecule has 1 aromatic carbocycles. The number of benzene rings is 1. The maximum absolute atomic E-state index is 12.4. The molecule has 0 aliphatic carbocycles. The van der Waals surface area contributed by atoms with Crippen LogP contribution in [0.4, 0.5) is 0 Å². The third-order valence-electron chi connectivity index (χ3n) is 3.44. The molecule has 0 atom stereocenters. The van der Waals surface area contributed by atoms with Crippen molar-refractivity contribution < 1.29 is 9.59 Å². The molecule has 1 saturated heterocycles. The van der Waals surface area contributed by atoms with Crippen LogP contribution in [-0.2, 0) is 4.79 Å². The largest absolute Gasteiger partial charge is 0.339 e. The van der Waals surface area contributed by atoms with Crippen molar-refractivity contribution in [2.75, 3.05) is 26.2 Å². The first-order valence-electron chi connectivity index (χ1n) is 6.82. The van der Waals surface area contributed by atoms with Crippen LogP contribution in [-0.4, -0.2) is 47.8 Å². The van der Waals surface area contributed by atoms with E-state index in [2.05, 4.69) is 22.6 Å². The molecule has 0 aromatic heterocycles. The first kappa shape index (κ1) is 15.3. The number of carbonyl (C=O) groups excluding carboxylic acids is 2. The summed E-state index contributed by atoms with van der Waals surface area (Å²) in [5, 5.41) is 0. The molecule has 108 valence electrons. The van der Waals surface area contributed by atoms with Crippen LogP contribution in [0.5, 0.6) is 0 Å². The molecule has 0 unspecified atom stereocenters. The summed E-state index contributed by atoms with van der Waals surface area (Å²) in [6, 6.07) is 7.61. The van der Waals surface area contributed by atoms with Crippen molar-refractivity contribution in [2.24, 2.45) is 5.92 Å². The Kier molecular flexibility index (Phi) is 5.01. The first-order chi connectivity index (χ1) is 9.49. The zero-order valence-corrected chi connectivity index (χ0v) is 14.0. The lowest BCUT2D eigenvalue weighted by Gasteiger charge is -2.35. The number of carbonyl (C=O) groups is 2. The van der Waals surface area contributed by atoms with Crippen molar-refractivity contribution >= 4 is 34.4 Å². The number of nitrogens with zero attached hydrogens (tertiary/aromatic N) is 2. The molecule has 1 fully saturated rings. The number of rotatable bonds is 2. The Morgan fingerprint density at radius 1 is 1.10 bits per heavy atom. The lowest BCUT2D eigenvalue weighted by Crippen LogP contribution is -2.51. The number of piperazine rings is 1. The number of halogens is 1. The van der Waals surface area contributed by atoms with E-state index in [1.54, 1.807) is 0 Å². The van der Waals surface area contributed by atoms with Gasteiger partial charge in [0.25, 0.3) is 5.91 Å². The second-order valence-corrected chi connectivity index (χ2v) is 6.53. The maximum atomic E-state index is 12.4. The highest BCUT2D eigenvalue weighted by Crippen LogP contribution is 2.13. The van der Waals surface area contributed by atoms with Crippen LogP contribution in [0.15, 0.2) is 24.3 Å². The van der Waals surface area contributed by atoms with E-state index < -0.39 is 0 Å². The molecule has 0 saturated carbocycles. The number of amides is 2. The van der Waals surface area contributed by atoms with Crippen LogP contribution in [0.1, 0.15) is 24.2 Å². The van der Waals surface area contributed by atoms with Crippen LogP contribution in [0.3, 0.4) is 0 Å². The van der Waals surface area contributed by atoms with E-state index in [-0.39, 0.29) is 17.7 Å². The second kappa shape index (κ2) is 6.56. The van der Waals surface area contributed by atoms with Gasteiger partial charge in [0.1, 0.15) is 0 Å². The van der Waals surface area contributed by atoms with Gasteiger partial charge in [0.05, 0.1) is 0 Å². The zero-order valence-electron chi connectivity index (χ0n) is 11.8. The second-order valence-electron chi connectivity index (χ2n) is 5.28. The van der Waals surface area contributed by atoms with E-state index in [1.165, 1.54) is 0 Å². The zero-order chi connectivity index (χ0) is 14.7. The molecule has 20 heavy (non-hydrogen) atoms. The van der Waals surface area contributed by atoms with Gasteiger partial charge in [-0.15, -0.1) is 0 Å². The minimum absolute atomic E-state index is 0.0213. The SMILES string of the molecule is CC(C)C(=O)N1CCN(C(=O)c2cccc(I)c2)CC1. The van der Waals surface area contributed by atoms with Gasteiger partial charge >= 0.3 is 0 Å². The van der Waals surface area contributed by atoms with Crippen molar-refractivity contribution in [3.05, 3.63) is 33.4 Å². The predicted octanol–water partition coefficient (Wildman–Crippen LogP) is 2.23. The summed E-state index contributed by atoms with van der Waals surface area (Å²) in [6.45, 7) is 6.31. The van der Waals surface area contributed by atoms with Gasteiger partial charge in [-0.1, -0.05) is 19.9 Å². The molecule has 4 nitrogen and oxygen atoms in total. The molecule has 1 aromatic rings. The van der Waals surface area contributed by atoms with Gasteiger partial charge in [-0.25, -0.2) is 0 Å². The van der Waals surface area contributed by atoms with Crippen molar-refractivity contribution in [1.82, 2.24) is 9.80 Å². The summed E-state index contributed by atoms with van der Waals surface area (Å²) < 4.78 is 1.06. The van der Waals surface area contributed by atoms with Crippen LogP contribution >= 0.6 is 22.6 Å². The van der Waals surface area contributed by atoms with Crippen molar-refractivity contribution in [3.8, 4) is 0 Å². The minimum Gasteiger partial charge on any atom is -0.339 e. The monoisotopic (exact) mass is 386 g/mol. The van der Waals surface area contributed by atoms with Crippen LogP contribution in [0, 0.1) is 9.49 Å². The molecule has 2 rings (SSSR count). The Balaban J connectivity index is 1.97. The van der Waals surface area contributed by atoms with Gasteiger partial charge in [-0.3, -0.25) is 9.59 Å². The average molecular weight is 386 g/mol. The lowest BCUT2D eigenvalue weighted by atomic mass is 10.1. The van der Waals surface area contributed by atoms with E-state index in [1.807, 2.05) is 47.9 Å².